The first-order valence-electron chi connectivity index (χ1n) is 6.11. The van der Waals surface area contributed by atoms with E-state index in [1.807, 2.05) is 0 Å². The van der Waals surface area contributed by atoms with Gasteiger partial charge < -0.3 is 20.3 Å². The van der Waals surface area contributed by atoms with E-state index in [0.717, 1.165) is 0 Å². The number of nitrogens with zero attached hydrogens (tertiary/aromatic N) is 2. The van der Waals surface area contributed by atoms with Crippen LogP contribution in [-0.4, -0.2) is 23.2 Å². The molecular formula is C13H16N4O3. The molecule has 1 aromatic heterocycles. The Morgan fingerprint density at radius 1 is 1.50 bits per heavy atom. The van der Waals surface area contributed by atoms with Crippen molar-refractivity contribution >= 4 is 17.3 Å². The van der Waals surface area contributed by atoms with Gasteiger partial charge in [-0.1, -0.05) is 5.16 Å². The Morgan fingerprint density at radius 2 is 2.30 bits per heavy atom. The standard InChI is InChI=1S/C13H16N4O3/c1-8-15-13(20-17-8)6-5-12(18)16-11-7-9(19-2)3-4-10(11)14/h3-4,7H,5-6,14H2,1-2H3,(H,16,18). The van der Waals surface area contributed by atoms with Gasteiger partial charge in [0.1, 0.15) is 5.75 Å². The molecule has 1 aromatic carbocycles. The summed E-state index contributed by atoms with van der Waals surface area (Å²) in [6.07, 6.45) is 0.620. The molecule has 0 radical (unpaired) electrons. The second kappa shape index (κ2) is 6.05. The highest BCUT2D eigenvalue weighted by atomic mass is 16.5. The Bertz CT molecular complexity index is 609. The molecule has 2 aromatic rings. The summed E-state index contributed by atoms with van der Waals surface area (Å²) in [6.45, 7) is 1.73. The van der Waals surface area contributed by atoms with Crippen LogP contribution in [0.3, 0.4) is 0 Å². The number of rotatable bonds is 5. The lowest BCUT2D eigenvalue weighted by atomic mass is 10.2. The minimum absolute atomic E-state index is 0.180. The number of anilines is 2. The van der Waals surface area contributed by atoms with Gasteiger partial charge in [-0.25, -0.2) is 0 Å². The SMILES string of the molecule is COc1ccc(N)c(NC(=O)CCc2nc(C)no2)c1. The number of nitrogens with two attached hydrogens (primary N) is 1. The van der Waals surface area contributed by atoms with E-state index < -0.39 is 0 Å². The van der Waals surface area contributed by atoms with Crippen molar-refractivity contribution in [3.05, 3.63) is 29.9 Å². The Labute approximate surface area is 116 Å². The van der Waals surface area contributed by atoms with Crippen molar-refractivity contribution in [1.29, 1.82) is 0 Å². The molecule has 0 saturated heterocycles. The van der Waals surface area contributed by atoms with Gasteiger partial charge in [-0.05, 0) is 19.1 Å². The van der Waals surface area contributed by atoms with E-state index in [-0.39, 0.29) is 12.3 Å². The molecule has 0 atom stereocenters. The number of methoxy groups -OCH3 is 1. The Balaban J connectivity index is 1.94. The highest BCUT2D eigenvalue weighted by molar-refractivity contribution is 5.94. The highest BCUT2D eigenvalue weighted by Crippen LogP contribution is 2.24. The molecule has 1 heterocycles. The van der Waals surface area contributed by atoms with E-state index in [0.29, 0.717) is 35.3 Å². The summed E-state index contributed by atoms with van der Waals surface area (Å²) in [6, 6.07) is 5.08. The lowest BCUT2D eigenvalue weighted by Gasteiger charge is -2.09. The number of ether oxygens (including phenoxy) is 1. The van der Waals surface area contributed by atoms with Crippen LogP contribution in [0.5, 0.6) is 5.75 Å². The molecule has 7 heteroatoms. The molecule has 0 fully saturated rings. The first-order chi connectivity index (χ1) is 9.58. The summed E-state index contributed by atoms with van der Waals surface area (Å²) in [5.41, 5.74) is 6.80. The molecule has 0 aliphatic heterocycles. The van der Waals surface area contributed by atoms with E-state index in [2.05, 4.69) is 15.5 Å². The van der Waals surface area contributed by atoms with Gasteiger partial charge in [-0.2, -0.15) is 4.98 Å². The van der Waals surface area contributed by atoms with E-state index in [1.54, 1.807) is 32.2 Å². The van der Waals surface area contributed by atoms with Crippen LogP contribution in [0, 0.1) is 6.92 Å². The molecule has 0 aliphatic carbocycles. The van der Waals surface area contributed by atoms with E-state index in [1.165, 1.54) is 0 Å². The van der Waals surface area contributed by atoms with Crippen LogP contribution in [0.25, 0.3) is 0 Å². The van der Waals surface area contributed by atoms with E-state index in [4.69, 9.17) is 15.0 Å². The number of aromatic nitrogens is 2. The molecule has 0 spiro atoms. The molecule has 106 valence electrons. The molecule has 0 bridgehead atoms. The zero-order valence-electron chi connectivity index (χ0n) is 11.3. The molecule has 0 unspecified atom stereocenters. The van der Waals surface area contributed by atoms with Gasteiger partial charge in [0, 0.05) is 18.9 Å². The third-order valence-corrected chi connectivity index (χ3v) is 2.67. The smallest absolute Gasteiger partial charge is 0.227 e. The van der Waals surface area contributed by atoms with Gasteiger partial charge in [0.15, 0.2) is 5.82 Å². The molecule has 2 rings (SSSR count). The number of carbonyl (C=O) groups excluding carboxylic acids is 1. The molecule has 0 saturated carbocycles. The number of nitrogens with one attached hydrogen (secondary N) is 1. The van der Waals surface area contributed by atoms with Crippen LogP contribution in [0.15, 0.2) is 22.7 Å². The van der Waals surface area contributed by atoms with Gasteiger partial charge in [0.25, 0.3) is 0 Å². The Kier molecular flexibility index (Phi) is 4.19. The highest BCUT2D eigenvalue weighted by Gasteiger charge is 2.09. The van der Waals surface area contributed by atoms with Gasteiger partial charge in [-0.3, -0.25) is 4.79 Å². The number of amides is 1. The summed E-state index contributed by atoms with van der Waals surface area (Å²) in [7, 11) is 1.55. The van der Waals surface area contributed by atoms with Gasteiger partial charge >= 0.3 is 0 Å². The third kappa shape index (κ3) is 3.47. The predicted octanol–water partition coefficient (Wildman–Crippen LogP) is 1.54. The maximum atomic E-state index is 11.8. The number of hydrogen-bond acceptors (Lipinski definition) is 6. The Hall–Kier alpha value is -2.57. The van der Waals surface area contributed by atoms with Crippen molar-refractivity contribution in [2.45, 2.75) is 19.8 Å². The molecule has 20 heavy (non-hydrogen) atoms. The zero-order chi connectivity index (χ0) is 14.5. The van der Waals surface area contributed by atoms with Gasteiger partial charge in [0.2, 0.25) is 11.8 Å². The second-order valence-electron chi connectivity index (χ2n) is 4.24. The second-order valence-corrected chi connectivity index (χ2v) is 4.24. The number of aryl methyl sites for hydroxylation is 2. The molecule has 0 aliphatic rings. The first-order valence-corrected chi connectivity index (χ1v) is 6.11. The summed E-state index contributed by atoms with van der Waals surface area (Å²) in [4.78, 5) is 15.9. The van der Waals surface area contributed by atoms with Crippen molar-refractivity contribution in [3.8, 4) is 5.75 Å². The average Bonchev–Trinajstić information content (AvgIpc) is 2.85. The van der Waals surface area contributed by atoms with E-state index >= 15 is 0 Å². The zero-order valence-corrected chi connectivity index (χ0v) is 11.3. The predicted molar refractivity (Wildman–Crippen MR) is 73.4 cm³/mol. The molecule has 1 amide bonds. The van der Waals surface area contributed by atoms with Crippen LogP contribution < -0.4 is 15.8 Å². The van der Waals surface area contributed by atoms with Crippen molar-refractivity contribution in [2.24, 2.45) is 0 Å². The van der Waals surface area contributed by atoms with Crippen molar-refractivity contribution in [2.75, 3.05) is 18.2 Å². The number of benzene rings is 1. The first kappa shape index (κ1) is 13.9. The van der Waals surface area contributed by atoms with Gasteiger partial charge in [-0.15, -0.1) is 0 Å². The normalized spacial score (nSPS) is 10.3. The largest absolute Gasteiger partial charge is 0.497 e. The Morgan fingerprint density at radius 3 is 2.95 bits per heavy atom. The summed E-state index contributed by atoms with van der Waals surface area (Å²) >= 11 is 0. The fourth-order valence-corrected chi connectivity index (χ4v) is 1.65. The number of carbonyl (C=O) groups is 1. The minimum atomic E-state index is -0.180. The lowest BCUT2D eigenvalue weighted by Crippen LogP contribution is -2.13. The molecule has 3 N–H and O–H groups in total. The number of hydrogen-bond donors (Lipinski definition) is 2. The fraction of sp³-hybridized carbons (Fsp3) is 0.308. The lowest BCUT2D eigenvalue weighted by molar-refractivity contribution is -0.116. The molecular weight excluding hydrogens is 260 g/mol. The summed E-state index contributed by atoms with van der Waals surface area (Å²) in [5, 5.41) is 6.39. The van der Waals surface area contributed by atoms with Crippen LogP contribution >= 0.6 is 0 Å². The fourth-order valence-electron chi connectivity index (χ4n) is 1.65. The van der Waals surface area contributed by atoms with Crippen LogP contribution in [-0.2, 0) is 11.2 Å². The van der Waals surface area contributed by atoms with Crippen molar-refractivity contribution in [3.63, 3.8) is 0 Å². The van der Waals surface area contributed by atoms with Gasteiger partial charge in [0.05, 0.1) is 18.5 Å². The maximum absolute atomic E-state index is 11.8. The van der Waals surface area contributed by atoms with Crippen LogP contribution in [0.4, 0.5) is 11.4 Å². The average molecular weight is 276 g/mol. The van der Waals surface area contributed by atoms with Crippen molar-refractivity contribution < 1.29 is 14.1 Å². The molecule has 7 nitrogen and oxygen atoms in total. The monoisotopic (exact) mass is 276 g/mol. The van der Waals surface area contributed by atoms with Crippen molar-refractivity contribution in [1.82, 2.24) is 10.1 Å². The summed E-state index contributed by atoms with van der Waals surface area (Å²) in [5.74, 6) is 1.44. The van der Waals surface area contributed by atoms with E-state index in [9.17, 15) is 4.79 Å². The topological polar surface area (TPSA) is 103 Å². The summed E-state index contributed by atoms with van der Waals surface area (Å²) < 4.78 is 10.0. The van der Waals surface area contributed by atoms with Crippen LogP contribution in [0.1, 0.15) is 18.1 Å². The maximum Gasteiger partial charge on any atom is 0.227 e. The third-order valence-electron chi connectivity index (χ3n) is 2.67. The minimum Gasteiger partial charge on any atom is -0.497 e. The number of nitrogen functional groups attached to an aromatic ring is 1. The quantitative estimate of drug-likeness (QED) is 0.803. The van der Waals surface area contributed by atoms with Crippen LogP contribution in [0.2, 0.25) is 0 Å².